The number of phenolic OH excluding ortho intramolecular Hbond substituents is 1. The summed E-state index contributed by atoms with van der Waals surface area (Å²) in [6.07, 6.45) is 2.29. The Labute approximate surface area is 161 Å². The summed E-state index contributed by atoms with van der Waals surface area (Å²) in [5, 5.41) is 13.3. The monoisotopic (exact) mass is 368 g/mol. The number of carbonyl (C=O) groups is 1. The van der Waals surface area contributed by atoms with Gasteiger partial charge in [-0.15, -0.1) is 0 Å². The van der Waals surface area contributed by atoms with Gasteiger partial charge in [0.05, 0.1) is 7.11 Å². The van der Waals surface area contributed by atoms with Gasteiger partial charge in [-0.05, 0) is 62.7 Å². The number of benzene rings is 2. The zero-order valence-corrected chi connectivity index (χ0v) is 16.3. The van der Waals surface area contributed by atoms with E-state index in [9.17, 15) is 9.90 Å². The van der Waals surface area contributed by atoms with Gasteiger partial charge in [-0.3, -0.25) is 4.90 Å². The number of aromatic hydroxyl groups is 1. The van der Waals surface area contributed by atoms with Crippen LogP contribution in [0.4, 0.5) is 5.69 Å². The predicted molar refractivity (Wildman–Crippen MR) is 107 cm³/mol. The van der Waals surface area contributed by atoms with Gasteiger partial charge < -0.3 is 15.2 Å². The molecule has 1 heterocycles. The van der Waals surface area contributed by atoms with Crippen molar-refractivity contribution in [3.63, 3.8) is 0 Å². The summed E-state index contributed by atoms with van der Waals surface area (Å²) in [6.45, 7) is 3.25. The molecule has 1 unspecified atom stereocenters. The minimum atomic E-state index is -0.802. The van der Waals surface area contributed by atoms with Crippen LogP contribution in [0, 0.1) is 6.92 Å². The van der Waals surface area contributed by atoms with Crippen molar-refractivity contribution in [2.24, 2.45) is 0 Å². The predicted octanol–water partition coefficient (Wildman–Crippen LogP) is 3.15. The van der Waals surface area contributed by atoms with Crippen molar-refractivity contribution >= 4 is 11.7 Å². The van der Waals surface area contributed by atoms with Crippen LogP contribution < -0.4 is 5.32 Å². The van der Waals surface area contributed by atoms with Gasteiger partial charge in [-0.2, -0.15) is 0 Å². The van der Waals surface area contributed by atoms with Crippen molar-refractivity contribution in [2.75, 3.05) is 32.6 Å². The summed E-state index contributed by atoms with van der Waals surface area (Å²) in [5.74, 6) is 0.0299. The summed E-state index contributed by atoms with van der Waals surface area (Å²) in [4.78, 5) is 15.1. The molecule has 1 atom stereocenters. The van der Waals surface area contributed by atoms with Crippen LogP contribution in [0.5, 0.6) is 5.75 Å². The molecule has 0 aliphatic carbocycles. The summed E-state index contributed by atoms with van der Waals surface area (Å²) in [7, 11) is 3.44. The first kappa shape index (κ1) is 19.2. The fourth-order valence-electron chi connectivity index (χ4n) is 3.79. The Bertz CT molecular complexity index is 804. The van der Waals surface area contributed by atoms with Gasteiger partial charge in [-0.1, -0.05) is 29.8 Å². The molecule has 27 heavy (non-hydrogen) atoms. The van der Waals surface area contributed by atoms with Crippen LogP contribution in [0.25, 0.3) is 0 Å². The van der Waals surface area contributed by atoms with Crippen LogP contribution in [0.15, 0.2) is 42.5 Å². The summed E-state index contributed by atoms with van der Waals surface area (Å²) >= 11 is 0. The lowest BCUT2D eigenvalue weighted by molar-refractivity contribution is -0.153. The molecular weight excluding hydrogens is 340 g/mol. The molecule has 0 spiro atoms. The second kappa shape index (κ2) is 8.01. The van der Waals surface area contributed by atoms with E-state index in [2.05, 4.69) is 41.4 Å². The third-order valence-electron chi connectivity index (χ3n) is 5.51. The van der Waals surface area contributed by atoms with E-state index in [1.165, 1.54) is 12.7 Å². The topological polar surface area (TPSA) is 61.8 Å². The number of hydrogen-bond acceptors (Lipinski definition) is 5. The number of phenols is 1. The lowest BCUT2D eigenvalue weighted by Gasteiger charge is -2.39. The minimum Gasteiger partial charge on any atom is -0.508 e. The number of nitrogens with one attached hydrogen (secondary N) is 1. The molecule has 1 aliphatic rings. The average Bonchev–Trinajstić information content (AvgIpc) is 2.72. The van der Waals surface area contributed by atoms with Gasteiger partial charge in [0.15, 0.2) is 0 Å². The minimum absolute atomic E-state index is 0.236. The van der Waals surface area contributed by atoms with E-state index in [0.717, 1.165) is 36.2 Å². The molecule has 5 nitrogen and oxygen atoms in total. The number of methoxy groups -OCH3 is 1. The van der Waals surface area contributed by atoms with Crippen LogP contribution in [-0.2, 0) is 22.4 Å². The average molecular weight is 368 g/mol. The summed E-state index contributed by atoms with van der Waals surface area (Å²) < 4.78 is 5.24. The third-order valence-corrected chi connectivity index (χ3v) is 5.51. The van der Waals surface area contributed by atoms with Gasteiger partial charge in [0, 0.05) is 18.7 Å². The standard InChI is InChI=1S/C22H28N2O3/c1-16-6-8-17(9-7-16)14-22(21(26)27-3)15-23-20-11-10-19(25)13-18(20)5-4-12-24(22)2/h6-11,13,23,25H,4-5,12,14-15H2,1-3H3. The Morgan fingerprint density at radius 3 is 2.70 bits per heavy atom. The normalized spacial score (nSPS) is 20.6. The number of nitrogens with zero attached hydrogens (tertiary/aromatic N) is 1. The Balaban J connectivity index is 1.97. The molecule has 5 heteroatoms. The second-order valence-corrected chi connectivity index (χ2v) is 7.41. The van der Waals surface area contributed by atoms with E-state index in [4.69, 9.17) is 4.74 Å². The van der Waals surface area contributed by atoms with Crippen molar-refractivity contribution in [2.45, 2.75) is 31.7 Å². The van der Waals surface area contributed by atoms with Crippen molar-refractivity contribution < 1.29 is 14.6 Å². The highest BCUT2D eigenvalue weighted by Gasteiger charge is 2.44. The number of carbonyl (C=O) groups excluding carboxylic acids is 1. The van der Waals surface area contributed by atoms with E-state index in [0.29, 0.717) is 13.0 Å². The number of esters is 1. The van der Waals surface area contributed by atoms with Crippen molar-refractivity contribution in [1.29, 1.82) is 0 Å². The fraction of sp³-hybridized carbons (Fsp3) is 0.409. The summed E-state index contributed by atoms with van der Waals surface area (Å²) in [6, 6.07) is 13.6. The lowest BCUT2D eigenvalue weighted by atomic mass is 9.88. The summed E-state index contributed by atoms with van der Waals surface area (Å²) in [5.41, 5.74) is 3.52. The van der Waals surface area contributed by atoms with Crippen LogP contribution in [0.1, 0.15) is 23.1 Å². The first-order valence-electron chi connectivity index (χ1n) is 9.35. The second-order valence-electron chi connectivity index (χ2n) is 7.41. The molecule has 3 rings (SSSR count). The molecule has 0 bridgehead atoms. The molecule has 0 radical (unpaired) electrons. The van der Waals surface area contributed by atoms with E-state index in [1.54, 1.807) is 12.1 Å². The molecule has 0 saturated carbocycles. The molecule has 2 N–H and O–H groups in total. The maximum Gasteiger partial charge on any atom is 0.328 e. The highest BCUT2D eigenvalue weighted by molar-refractivity contribution is 5.82. The number of rotatable bonds is 3. The third kappa shape index (κ3) is 4.08. The van der Waals surface area contributed by atoms with Crippen molar-refractivity contribution in [1.82, 2.24) is 4.90 Å². The van der Waals surface area contributed by atoms with E-state index in [-0.39, 0.29) is 11.7 Å². The largest absolute Gasteiger partial charge is 0.508 e. The number of fused-ring (bicyclic) bond motifs is 1. The smallest absolute Gasteiger partial charge is 0.328 e. The quantitative estimate of drug-likeness (QED) is 0.644. The Morgan fingerprint density at radius 2 is 2.00 bits per heavy atom. The number of likely N-dealkylation sites (N-methyl/N-ethyl adjacent to an activating group) is 1. The number of anilines is 1. The van der Waals surface area contributed by atoms with Crippen LogP contribution in [0.2, 0.25) is 0 Å². The fourth-order valence-corrected chi connectivity index (χ4v) is 3.79. The lowest BCUT2D eigenvalue weighted by Crippen LogP contribution is -2.59. The zero-order valence-electron chi connectivity index (χ0n) is 16.3. The maximum atomic E-state index is 13.0. The molecule has 0 aromatic heterocycles. The van der Waals surface area contributed by atoms with E-state index >= 15 is 0 Å². The maximum absolute atomic E-state index is 13.0. The molecule has 0 amide bonds. The SMILES string of the molecule is COC(=O)C1(Cc2ccc(C)cc2)CNc2ccc(O)cc2CCCN1C. The van der Waals surface area contributed by atoms with Crippen molar-refractivity contribution in [3.05, 3.63) is 59.2 Å². The number of ether oxygens (including phenoxy) is 1. The molecule has 0 fully saturated rings. The van der Waals surface area contributed by atoms with Gasteiger partial charge in [0.25, 0.3) is 0 Å². The number of hydrogen-bond donors (Lipinski definition) is 2. The van der Waals surface area contributed by atoms with Crippen LogP contribution >= 0.6 is 0 Å². The van der Waals surface area contributed by atoms with Gasteiger partial charge in [0.2, 0.25) is 0 Å². The van der Waals surface area contributed by atoms with Gasteiger partial charge in [-0.25, -0.2) is 4.79 Å². The van der Waals surface area contributed by atoms with Gasteiger partial charge in [0.1, 0.15) is 11.3 Å². The van der Waals surface area contributed by atoms with Crippen LogP contribution in [0.3, 0.4) is 0 Å². The molecular formula is C22H28N2O3. The molecule has 144 valence electrons. The van der Waals surface area contributed by atoms with E-state index in [1.807, 2.05) is 13.1 Å². The zero-order chi connectivity index (χ0) is 19.4. The highest BCUT2D eigenvalue weighted by atomic mass is 16.5. The molecule has 2 aromatic rings. The number of aryl methyl sites for hydroxylation is 2. The first-order chi connectivity index (χ1) is 12.9. The molecule has 1 aliphatic heterocycles. The Kier molecular flexibility index (Phi) is 5.71. The molecule has 0 saturated heterocycles. The Morgan fingerprint density at radius 1 is 1.26 bits per heavy atom. The highest BCUT2D eigenvalue weighted by Crippen LogP contribution is 2.29. The van der Waals surface area contributed by atoms with E-state index < -0.39 is 5.54 Å². The molecule has 2 aromatic carbocycles. The van der Waals surface area contributed by atoms with Crippen LogP contribution in [-0.4, -0.2) is 48.8 Å². The van der Waals surface area contributed by atoms with Gasteiger partial charge >= 0.3 is 5.97 Å². The Hall–Kier alpha value is -2.53. The van der Waals surface area contributed by atoms with Crippen molar-refractivity contribution in [3.8, 4) is 5.75 Å². The first-order valence-corrected chi connectivity index (χ1v) is 9.35.